The summed E-state index contributed by atoms with van der Waals surface area (Å²) < 4.78 is 0. The normalized spacial score (nSPS) is 30.1. The van der Waals surface area contributed by atoms with Gasteiger partial charge in [-0.05, 0) is 31.1 Å². The van der Waals surface area contributed by atoms with E-state index in [9.17, 15) is 0 Å². The quantitative estimate of drug-likeness (QED) is 0.832. The van der Waals surface area contributed by atoms with Crippen LogP contribution < -0.4 is 5.32 Å². The Bertz CT molecular complexity index is 303. The Kier molecular flexibility index (Phi) is 4.12. The van der Waals surface area contributed by atoms with Crippen LogP contribution in [0.3, 0.4) is 0 Å². The monoisotopic (exact) mass is 251 g/mol. The summed E-state index contributed by atoms with van der Waals surface area (Å²) >= 11 is 0. The molecule has 1 unspecified atom stereocenters. The molecule has 2 heterocycles. The number of rotatable bonds is 4. The Morgan fingerprint density at radius 3 is 2.33 bits per heavy atom. The van der Waals surface area contributed by atoms with Gasteiger partial charge in [0.05, 0.1) is 0 Å². The lowest BCUT2D eigenvalue weighted by molar-refractivity contribution is 0.00547. The van der Waals surface area contributed by atoms with E-state index in [1.54, 1.807) is 0 Å². The van der Waals surface area contributed by atoms with Gasteiger partial charge in [0.15, 0.2) is 6.29 Å². The Labute approximate surface area is 112 Å². The molecule has 0 aliphatic carbocycles. The van der Waals surface area contributed by atoms with Crippen molar-refractivity contribution in [2.24, 2.45) is 15.8 Å². The maximum Gasteiger partial charge on any atom is 0.155 e. The smallest absolute Gasteiger partial charge is 0.155 e. The van der Waals surface area contributed by atoms with Crippen LogP contribution in [0.4, 0.5) is 0 Å². The number of nitrogens with one attached hydrogen (secondary N) is 1. The summed E-state index contributed by atoms with van der Waals surface area (Å²) in [6.45, 7) is 12.7. The van der Waals surface area contributed by atoms with Crippen molar-refractivity contribution in [3.8, 4) is 0 Å². The predicted octanol–water partition coefficient (Wildman–Crippen LogP) is 2.87. The molecule has 18 heavy (non-hydrogen) atoms. The Morgan fingerprint density at radius 1 is 1.11 bits per heavy atom. The van der Waals surface area contributed by atoms with Crippen LogP contribution >= 0.6 is 0 Å². The maximum atomic E-state index is 4.77. The number of hydrogen-bond donors (Lipinski definition) is 1. The average molecular weight is 251 g/mol. The number of nitrogens with zero attached hydrogens (tertiary/aromatic N) is 2. The number of fused-ring (bicyclic) bond motifs is 1. The van der Waals surface area contributed by atoms with Gasteiger partial charge in [0.2, 0.25) is 0 Å². The molecule has 1 atom stereocenters. The zero-order chi connectivity index (χ0) is 13.2. The van der Waals surface area contributed by atoms with E-state index in [-0.39, 0.29) is 6.29 Å². The molecule has 1 saturated heterocycles. The summed E-state index contributed by atoms with van der Waals surface area (Å²) in [5.74, 6) is 0. The summed E-state index contributed by atoms with van der Waals surface area (Å²) in [5.41, 5.74) is 0.763. The van der Waals surface area contributed by atoms with Crippen LogP contribution in [-0.2, 0) is 0 Å². The van der Waals surface area contributed by atoms with Crippen LogP contribution in [0.5, 0.6) is 0 Å². The fourth-order valence-electron chi connectivity index (χ4n) is 3.35. The van der Waals surface area contributed by atoms with E-state index in [4.69, 9.17) is 4.99 Å². The van der Waals surface area contributed by atoms with Gasteiger partial charge in [-0.1, -0.05) is 27.7 Å². The van der Waals surface area contributed by atoms with Gasteiger partial charge in [-0.25, -0.2) is 0 Å². The molecule has 0 saturated carbocycles. The van der Waals surface area contributed by atoms with Gasteiger partial charge in [0, 0.05) is 31.3 Å². The molecular formula is C15H29N3. The minimum atomic E-state index is 0.238. The molecule has 0 radical (unpaired) electrons. The summed E-state index contributed by atoms with van der Waals surface area (Å²) in [6.07, 6.45) is 7.38. The topological polar surface area (TPSA) is 27.6 Å². The van der Waals surface area contributed by atoms with E-state index in [2.05, 4.69) is 44.1 Å². The molecule has 1 N–H and O–H groups in total. The van der Waals surface area contributed by atoms with E-state index in [0.717, 1.165) is 6.54 Å². The lowest BCUT2D eigenvalue weighted by Crippen LogP contribution is -2.63. The zero-order valence-electron chi connectivity index (χ0n) is 12.5. The second-order valence-electron chi connectivity index (χ2n) is 6.21. The summed E-state index contributed by atoms with van der Waals surface area (Å²) in [7, 11) is 0. The fourth-order valence-corrected chi connectivity index (χ4v) is 3.35. The van der Waals surface area contributed by atoms with Gasteiger partial charge in [-0.15, -0.1) is 0 Å². The van der Waals surface area contributed by atoms with E-state index >= 15 is 0 Å². The van der Waals surface area contributed by atoms with Crippen molar-refractivity contribution < 1.29 is 0 Å². The van der Waals surface area contributed by atoms with E-state index in [1.807, 2.05) is 0 Å². The highest BCUT2D eigenvalue weighted by Crippen LogP contribution is 2.36. The largest absolute Gasteiger partial charge is 0.283 e. The lowest BCUT2D eigenvalue weighted by atomic mass is 9.77. The molecule has 3 heteroatoms. The van der Waals surface area contributed by atoms with Crippen molar-refractivity contribution in [2.45, 2.75) is 59.7 Å². The first-order chi connectivity index (χ1) is 8.62. The number of hydrogen-bond acceptors (Lipinski definition) is 3. The van der Waals surface area contributed by atoms with Crippen LogP contribution in [0.15, 0.2) is 4.99 Å². The highest BCUT2D eigenvalue weighted by atomic mass is 15.4. The molecule has 0 aromatic rings. The molecule has 0 aromatic carbocycles. The molecule has 2 aliphatic rings. The zero-order valence-corrected chi connectivity index (χ0v) is 12.5. The van der Waals surface area contributed by atoms with Gasteiger partial charge >= 0.3 is 0 Å². The first-order valence-corrected chi connectivity index (χ1v) is 7.64. The molecular weight excluding hydrogens is 222 g/mol. The second-order valence-corrected chi connectivity index (χ2v) is 6.21. The van der Waals surface area contributed by atoms with Crippen LogP contribution in [-0.4, -0.2) is 37.0 Å². The van der Waals surface area contributed by atoms with Crippen molar-refractivity contribution in [3.63, 3.8) is 0 Å². The van der Waals surface area contributed by atoms with E-state index in [1.165, 1.54) is 38.8 Å². The minimum Gasteiger partial charge on any atom is -0.283 e. The highest BCUT2D eigenvalue weighted by Gasteiger charge is 2.42. The van der Waals surface area contributed by atoms with Crippen molar-refractivity contribution in [1.82, 2.24) is 10.2 Å². The Balaban J connectivity index is 2.15. The van der Waals surface area contributed by atoms with Gasteiger partial charge in [0.1, 0.15) is 0 Å². The number of aliphatic imine (C=N–C) groups is 1. The third kappa shape index (κ3) is 2.35. The van der Waals surface area contributed by atoms with E-state index in [0.29, 0.717) is 10.8 Å². The third-order valence-corrected chi connectivity index (χ3v) is 5.46. The molecule has 2 rings (SSSR count). The summed E-state index contributed by atoms with van der Waals surface area (Å²) in [5, 5.41) is 3.63. The molecule has 2 aliphatic heterocycles. The molecule has 104 valence electrons. The summed E-state index contributed by atoms with van der Waals surface area (Å²) in [6, 6.07) is 0. The average Bonchev–Trinajstić information content (AvgIpc) is 2.45. The van der Waals surface area contributed by atoms with Crippen LogP contribution in [0.2, 0.25) is 0 Å². The summed E-state index contributed by atoms with van der Waals surface area (Å²) in [4.78, 5) is 7.34. The van der Waals surface area contributed by atoms with Crippen molar-refractivity contribution in [3.05, 3.63) is 0 Å². The molecule has 0 bridgehead atoms. The molecule has 0 amide bonds. The Morgan fingerprint density at radius 2 is 1.78 bits per heavy atom. The van der Waals surface area contributed by atoms with Crippen LogP contribution in [0.25, 0.3) is 0 Å². The highest BCUT2D eigenvalue weighted by molar-refractivity contribution is 5.67. The van der Waals surface area contributed by atoms with E-state index < -0.39 is 0 Å². The third-order valence-electron chi connectivity index (χ3n) is 5.46. The van der Waals surface area contributed by atoms with Crippen molar-refractivity contribution >= 4 is 6.21 Å². The van der Waals surface area contributed by atoms with Crippen molar-refractivity contribution in [1.29, 1.82) is 0 Å². The van der Waals surface area contributed by atoms with Crippen molar-refractivity contribution in [2.75, 3.05) is 19.6 Å². The first-order valence-electron chi connectivity index (χ1n) is 7.64. The van der Waals surface area contributed by atoms with Gasteiger partial charge in [0.25, 0.3) is 0 Å². The van der Waals surface area contributed by atoms with Gasteiger partial charge < -0.3 is 0 Å². The fraction of sp³-hybridized carbons (Fsp3) is 0.933. The first kappa shape index (κ1) is 14.0. The van der Waals surface area contributed by atoms with Gasteiger partial charge in [-0.2, -0.15) is 0 Å². The SMILES string of the molecule is CCC1(CC)C=NC2NCC(CC)(CC)CN2C1. The minimum absolute atomic E-state index is 0.238. The molecule has 3 nitrogen and oxygen atoms in total. The molecule has 1 fully saturated rings. The van der Waals surface area contributed by atoms with Crippen LogP contribution in [0.1, 0.15) is 53.4 Å². The molecule has 0 spiro atoms. The predicted molar refractivity (Wildman–Crippen MR) is 77.9 cm³/mol. The standard InChI is InChI=1S/C15H29N3/c1-5-14(6-2)9-16-13-17-10-15(7-3,8-4)12-18(13)11-14/h9,13,17H,5-8,10-12H2,1-4H3. The molecule has 0 aromatic heterocycles. The van der Waals surface area contributed by atoms with Gasteiger partial charge in [-0.3, -0.25) is 15.2 Å². The second kappa shape index (κ2) is 5.30. The van der Waals surface area contributed by atoms with Crippen LogP contribution in [0, 0.1) is 10.8 Å². The maximum absolute atomic E-state index is 4.77. The lowest BCUT2D eigenvalue weighted by Gasteiger charge is -2.50. The Hall–Kier alpha value is -0.410.